The van der Waals surface area contributed by atoms with Crippen molar-refractivity contribution in [3.05, 3.63) is 210 Å². The molecule has 0 radical (unpaired) electrons. The highest BCUT2D eigenvalue weighted by molar-refractivity contribution is 7.26. The van der Waals surface area contributed by atoms with E-state index in [1.54, 1.807) is 11.3 Å². The second kappa shape index (κ2) is 12.3. The second-order valence-corrected chi connectivity index (χ2v) is 16.5. The lowest BCUT2D eigenvalue weighted by Crippen LogP contribution is -2.32. The van der Waals surface area contributed by atoms with Crippen LogP contribution in [0.5, 0.6) is 11.5 Å². The van der Waals surface area contributed by atoms with Gasteiger partial charge in [-0.15, -0.1) is 11.3 Å². The molecule has 1 aliphatic heterocycles. The number of nitrogens with zero attached hydrogens (tertiary/aromatic N) is 3. The minimum atomic E-state index is -0.560. The van der Waals surface area contributed by atoms with Gasteiger partial charge in [-0.2, -0.15) is 0 Å². The van der Waals surface area contributed by atoms with Crippen molar-refractivity contribution in [1.82, 2.24) is 15.0 Å². The topological polar surface area (TPSA) is 47.9 Å². The van der Waals surface area contributed by atoms with Crippen molar-refractivity contribution >= 4 is 53.3 Å². The van der Waals surface area contributed by atoms with Crippen LogP contribution in [0.1, 0.15) is 22.3 Å². The number of para-hydroxylation sites is 2. The average molecular weight is 770 g/mol. The Hall–Kier alpha value is -7.47. The molecule has 3 aromatic heterocycles. The smallest absolute Gasteiger partial charge is 0.160 e. The zero-order valence-electron chi connectivity index (χ0n) is 31.6. The fraction of sp³-hybridized carbons (Fsp3) is 0.0185. The zero-order valence-corrected chi connectivity index (χ0v) is 32.4. The first-order valence-electron chi connectivity index (χ1n) is 19.9. The summed E-state index contributed by atoms with van der Waals surface area (Å²) in [6.45, 7) is 0. The fourth-order valence-corrected chi connectivity index (χ4v) is 11.0. The number of aromatic nitrogens is 3. The Morgan fingerprint density at radius 1 is 0.407 bits per heavy atom. The highest BCUT2D eigenvalue weighted by Gasteiger charge is 2.51. The maximum absolute atomic E-state index is 6.99. The molecule has 8 aromatic carbocycles. The van der Waals surface area contributed by atoms with Gasteiger partial charge in [0.05, 0.1) is 32.5 Å². The molecule has 274 valence electrons. The van der Waals surface area contributed by atoms with Gasteiger partial charge in [0.25, 0.3) is 0 Å². The Labute approximate surface area is 343 Å². The van der Waals surface area contributed by atoms with Crippen LogP contribution < -0.4 is 4.74 Å². The molecule has 59 heavy (non-hydrogen) atoms. The Bertz CT molecular complexity index is 3510. The van der Waals surface area contributed by atoms with Gasteiger partial charge in [-0.1, -0.05) is 152 Å². The molecule has 0 saturated heterocycles. The maximum Gasteiger partial charge on any atom is 0.160 e. The Morgan fingerprint density at radius 2 is 1.05 bits per heavy atom. The van der Waals surface area contributed by atoms with Gasteiger partial charge in [-0.05, 0) is 64.0 Å². The summed E-state index contributed by atoms with van der Waals surface area (Å²) in [7, 11) is 0. The molecule has 0 saturated carbocycles. The monoisotopic (exact) mass is 769 g/mol. The first kappa shape index (κ1) is 32.6. The number of thiophene rings is 1. The minimum Gasteiger partial charge on any atom is -0.457 e. The van der Waals surface area contributed by atoms with E-state index in [-0.39, 0.29) is 0 Å². The average Bonchev–Trinajstić information content (AvgIpc) is 3.82. The van der Waals surface area contributed by atoms with Crippen LogP contribution in [0.25, 0.3) is 87.0 Å². The molecule has 1 aliphatic carbocycles. The zero-order chi connectivity index (χ0) is 38.7. The van der Waals surface area contributed by atoms with Gasteiger partial charge in [-0.3, -0.25) is 0 Å². The Kier molecular flexibility index (Phi) is 6.78. The van der Waals surface area contributed by atoms with E-state index >= 15 is 0 Å². The van der Waals surface area contributed by atoms with Crippen molar-refractivity contribution in [2.75, 3.05) is 0 Å². The van der Waals surface area contributed by atoms with Crippen LogP contribution in [0.4, 0.5) is 0 Å². The summed E-state index contributed by atoms with van der Waals surface area (Å²) in [5.41, 5.74) is 13.5. The molecule has 2 aliphatic rings. The van der Waals surface area contributed by atoms with Crippen molar-refractivity contribution in [3.8, 4) is 56.5 Å². The number of rotatable bonds is 3. The molecule has 0 unspecified atom stereocenters. The Morgan fingerprint density at radius 3 is 1.86 bits per heavy atom. The number of hydrogen-bond donors (Lipinski definition) is 0. The first-order valence-corrected chi connectivity index (χ1v) is 20.7. The normalized spacial score (nSPS) is 13.4. The number of ether oxygens (including phenoxy) is 1. The third kappa shape index (κ3) is 4.56. The largest absolute Gasteiger partial charge is 0.457 e. The fourth-order valence-electron chi connectivity index (χ4n) is 9.84. The van der Waals surface area contributed by atoms with Crippen LogP contribution in [-0.2, 0) is 5.41 Å². The summed E-state index contributed by atoms with van der Waals surface area (Å²) in [5.74, 6) is 2.42. The SMILES string of the molecule is c1ccc(-c2nc(-c3cccc(-c4nc5ccccc5c5cc6c(cc45)Oc4ccccc4C64c5ccccc5-c5ccccc54)c3)c3sc4ccccc4c3n2)cc1. The molecular formula is C54H31N3OS. The van der Waals surface area contributed by atoms with Crippen molar-refractivity contribution in [2.45, 2.75) is 5.41 Å². The van der Waals surface area contributed by atoms with Gasteiger partial charge in [0.2, 0.25) is 0 Å². The molecule has 13 rings (SSSR count). The van der Waals surface area contributed by atoms with E-state index in [0.717, 1.165) is 88.0 Å². The molecule has 0 bridgehead atoms. The maximum atomic E-state index is 6.99. The second-order valence-electron chi connectivity index (χ2n) is 15.4. The standard InChI is InChI=1S/C54H31N3OS/c1-2-15-32(16-3-1)53-56-50(52-51(57-53)38-22-7-13-28-48(38)59-52)34-18-14-17-33(29-34)49-40-31-47-44(30-39(40)37-21-6-11-26-45(37)55-49)54(43-25-10-12-27-46(43)58-47)41-23-8-4-19-35(41)36-20-5-9-24-42(36)54/h1-31H. The highest BCUT2D eigenvalue weighted by Crippen LogP contribution is 2.62. The lowest BCUT2D eigenvalue weighted by molar-refractivity contribution is 0.437. The summed E-state index contributed by atoms with van der Waals surface area (Å²) in [4.78, 5) is 15.9. The van der Waals surface area contributed by atoms with Gasteiger partial charge >= 0.3 is 0 Å². The van der Waals surface area contributed by atoms with Gasteiger partial charge < -0.3 is 4.74 Å². The highest BCUT2D eigenvalue weighted by atomic mass is 32.1. The summed E-state index contributed by atoms with van der Waals surface area (Å²) in [6.07, 6.45) is 0. The van der Waals surface area contributed by atoms with E-state index in [1.807, 2.05) is 18.2 Å². The lowest BCUT2D eigenvalue weighted by Gasteiger charge is -2.39. The molecule has 4 heterocycles. The minimum absolute atomic E-state index is 0.560. The quantitative estimate of drug-likeness (QED) is 0.168. The van der Waals surface area contributed by atoms with Crippen LogP contribution in [-0.4, -0.2) is 15.0 Å². The molecule has 11 aromatic rings. The van der Waals surface area contributed by atoms with Gasteiger partial charge in [0.1, 0.15) is 11.5 Å². The van der Waals surface area contributed by atoms with Crippen molar-refractivity contribution in [1.29, 1.82) is 0 Å². The molecular weight excluding hydrogens is 739 g/mol. The van der Waals surface area contributed by atoms with Crippen LogP contribution >= 0.6 is 11.3 Å². The number of fused-ring (bicyclic) bond motifs is 15. The molecule has 5 heteroatoms. The molecule has 0 N–H and O–H groups in total. The first-order chi connectivity index (χ1) is 29.2. The van der Waals surface area contributed by atoms with E-state index in [2.05, 4.69) is 170 Å². The number of hydrogen-bond acceptors (Lipinski definition) is 5. The van der Waals surface area contributed by atoms with E-state index < -0.39 is 5.41 Å². The number of pyridine rings is 1. The van der Waals surface area contributed by atoms with Crippen LogP contribution in [0.2, 0.25) is 0 Å². The van der Waals surface area contributed by atoms with Crippen molar-refractivity contribution < 1.29 is 4.74 Å². The third-order valence-corrected chi connectivity index (χ3v) is 13.5. The van der Waals surface area contributed by atoms with Crippen molar-refractivity contribution in [2.24, 2.45) is 0 Å². The van der Waals surface area contributed by atoms with E-state index in [1.165, 1.54) is 27.0 Å². The predicted molar refractivity (Wildman–Crippen MR) is 241 cm³/mol. The van der Waals surface area contributed by atoms with Crippen molar-refractivity contribution in [3.63, 3.8) is 0 Å². The van der Waals surface area contributed by atoms with E-state index in [9.17, 15) is 0 Å². The molecule has 1 spiro atoms. The summed E-state index contributed by atoms with van der Waals surface area (Å²) in [5, 5.41) is 4.42. The van der Waals surface area contributed by atoms with Crippen LogP contribution in [0.15, 0.2) is 188 Å². The summed E-state index contributed by atoms with van der Waals surface area (Å²) < 4.78 is 9.25. The molecule has 0 amide bonds. The van der Waals surface area contributed by atoms with Gasteiger partial charge in [0.15, 0.2) is 5.82 Å². The van der Waals surface area contributed by atoms with Gasteiger partial charge in [0, 0.05) is 48.7 Å². The molecule has 4 nitrogen and oxygen atoms in total. The molecule has 0 fully saturated rings. The van der Waals surface area contributed by atoms with Gasteiger partial charge in [-0.25, -0.2) is 15.0 Å². The van der Waals surface area contributed by atoms with E-state index in [0.29, 0.717) is 5.82 Å². The van der Waals surface area contributed by atoms with E-state index in [4.69, 9.17) is 19.7 Å². The lowest BCUT2D eigenvalue weighted by atomic mass is 9.65. The van der Waals surface area contributed by atoms with Crippen LogP contribution in [0.3, 0.4) is 0 Å². The third-order valence-electron chi connectivity index (χ3n) is 12.3. The summed E-state index contributed by atoms with van der Waals surface area (Å²) >= 11 is 1.75. The number of benzene rings is 8. The summed E-state index contributed by atoms with van der Waals surface area (Å²) in [6, 6.07) is 67.0. The predicted octanol–water partition coefficient (Wildman–Crippen LogP) is 14.0. The Balaban J connectivity index is 1.08. The van der Waals surface area contributed by atoms with Crippen LogP contribution in [0, 0.1) is 0 Å². The molecule has 0 atom stereocenters.